The Morgan fingerprint density at radius 2 is 2.22 bits per heavy atom. The fourth-order valence-electron chi connectivity index (χ4n) is 2.47. The van der Waals surface area contributed by atoms with E-state index in [0.717, 1.165) is 30.7 Å². The highest BCUT2D eigenvalue weighted by Crippen LogP contribution is 2.18. The van der Waals surface area contributed by atoms with E-state index in [2.05, 4.69) is 44.3 Å². The zero-order valence-electron chi connectivity index (χ0n) is 10.6. The van der Waals surface area contributed by atoms with Crippen molar-refractivity contribution < 1.29 is 5.11 Å². The zero-order valence-corrected chi connectivity index (χ0v) is 12.2. The van der Waals surface area contributed by atoms with Crippen molar-refractivity contribution in [3.63, 3.8) is 0 Å². The third-order valence-corrected chi connectivity index (χ3v) is 4.18. The molecule has 0 aliphatic carbocycles. The molecule has 0 amide bonds. The van der Waals surface area contributed by atoms with E-state index in [-0.39, 0.29) is 6.61 Å². The number of nitrogens with zero attached hydrogens (tertiary/aromatic N) is 1. The molecule has 1 aromatic carbocycles. The third kappa shape index (κ3) is 4.05. The highest BCUT2D eigenvalue weighted by molar-refractivity contribution is 9.10. The Labute approximate surface area is 117 Å². The Balaban J connectivity index is 1.94. The lowest BCUT2D eigenvalue weighted by Crippen LogP contribution is -2.38. The van der Waals surface area contributed by atoms with Crippen LogP contribution in [0.1, 0.15) is 18.4 Å². The number of hydrogen-bond donors (Lipinski definition) is 2. The van der Waals surface area contributed by atoms with Gasteiger partial charge in [-0.3, -0.25) is 4.90 Å². The normalized spacial score (nSPS) is 19.6. The van der Waals surface area contributed by atoms with E-state index in [4.69, 9.17) is 0 Å². The maximum Gasteiger partial charge on any atom is 0.0558 e. The van der Waals surface area contributed by atoms with Crippen LogP contribution in [-0.2, 0) is 6.54 Å². The van der Waals surface area contributed by atoms with E-state index in [9.17, 15) is 5.11 Å². The second-order valence-corrected chi connectivity index (χ2v) is 5.70. The SMILES string of the molecule is OCCN(Cc1ccccc1Br)CC1CCCN1. The molecule has 0 spiro atoms. The van der Waals surface area contributed by atoms with Gasteiger partial charge < -0.3 is 10.4 Å². The smallest absolute Gasteiger partial charge is 0.0558 e. The Kier molecular flexibility index (Phi) is 5.63. The molecule has 1 unspecified atom stereocenters. The zero-order chi connectivity index (χ0) is 12.8. The minimum Gasteiger partial charge on any atom is -0.395 e. The van der Waals surface area contributed by atoms with Crippen molar-refractivity contribution in [1.29, 1.82) is 0 Å². The summed E-state index contributed by atoms with van der Waals surface area (Å²) >= 11 is 3.58. The van der Waals surface area contributed by atoms with Crippen molar-refractivity contribution in [3.05, 3.63) is 34.3 Å². The highest BCUT2D eigenvalue weighted by Gasteiger charge is 2.18. The fourth-order valence-corrected chi connectivity index (χ4v) is 2.88. The Hall–Kier alpha value is -0.420. The van der Waals surface area contributed by atoms with Gasteiger partial charge in [0, 0.05) is 30.1 Å². The molecule has 1 atom stereocenters. The van der Waals surface area contributed by atoms with E-state index in [1.54, 1.807) is 0 Å². The van der Waals surface area contributed by atoms with E-state index >= 15 is 0 Å². The number of aliphatic hydroxyl groups is 1. The van der Waals surface area contributed by atoms with Crippen LogP contribution < -0.4 is 5.32 Å². The first kappa shape index (κ1) is 14.0. The van der Waals surface area contributed by atoms with E-state index in [0.29, 0.717) is 6.04 Å². The minimum absolute atomic E-state index is 0.219. The summed E-state index contributed by atoms with van der Waals surface area (Å²) in [5.41, 5.74) is 1.28. The summed E-state index contributed by atoms with van der Waals surface area (Å²) in [6, 6.07) is 8.88. The molecule has 2 N–H and O–H groups in total. The number of aliphatic hydroxyl groups excluding tert-OH is 1. The average molecular weight is 313 g/mol. The molecule has 1 aliphatic rings. The Bertz CT molecular complexity index is 367. The molecule has 4 heteroatoms. The number of hydrogen-bond acceptors (Lipinski definition) is 3. The van der Waals surface area contributed by atoms with E-state index in [1.807, 2.05) is 6.07 Å². The van der Waals surface area contributed by atoms with Gasteiger partial charge in [-0.25, -0.2) is 0 Å². The predicted octanol–water partition coefficient (Wildman–Crippen LogP) is 2.00. The second kappa shape index (κ2) is 7.24. The largest absolute Gasteiger partial charge is 0.395 e. The van der Waals surface area contributed by atoms with Gasteiger partial charge in [0.05, 0.1) is 6.61 Å². The molecule has 0 saturated carbocycles. The third-order valence-electron chi connectivity index (χ3n) is 3.41. The summed E-state index contributed by atoms with van der Waals surface area (Å²) in [7, 11) is 0. The van der Waals surface area contributed by atoms with Gasteiger partial charge in [0.1, 0.15) is 0 Å². The number of rotatable bonds is 6. The molecular weight excluding hydrogens is 292 g/mol. The van der Waals surface area contributed by atoms with Crippen LogP contribution in [0.2, 0.25) is 0 Å². The van der Waals surface area contributed by atoms with Crippen LogP contribution in [0, 0.1) is 0 Å². The van der Waals surface area contributed by atoms with E-state index < -0.39 is 0 Å². The van der Waals surface area contributed by atoms with Gasteiger partial charge in [0.25, 0.3) is 0 Å². The summed E-state index contributed by atoms with van der Waals surface area (Å²) in [4.78, 5) is 2.32. The standard InChI is InChI=1S/C14H21BrN2O/c15-14-6-2-1-4-12(14)10-17(8-9-18)11-13-5-3-7-16-13/h1-2,4,6,13,16,18H,3,5,7-11H2. The van der Waals surface area contributed by atoms with Crippen LogP contribution in [0.3, 0.4) is 0 Å². The fraction of sp³-hybridized carbons (Fsp3) is 0.571. The lowest BCUT2D eigenvalue weighted by atomic mass is 10.1. The predicted molar refractivity (Wildman–Crippen MR) is 77.5 cm³/mol. The molecule has 100 valence electrons. The maximum absolute atomic E-state index is 9.18. The highest BCUT2D eigenvalue weighted by atomic mass is 79.9. The lowest BCUT2D eigenvalue weighted by molar-refractivity contribution is 0.179. The molecule has 0 bridgehead atoms. The summed E-state index contributed by atoms with van der Waals surface area (Å²) in [5.74, 6) is 0. The van der Waals surface area contributed by atoms with Crippen molar-refractivity contribution in [2.24, 2.45) is 0 Å². The lowest BCUT2D eigenvalue weighted by Gasteiger charge is -2.25. The summed E-state index contributed by atoms with van der Waals surface area (Å²) in [5, 5.41) is 12.7. The van der Waals surface area contributed by atoms with Gasteiger partial charge in [-0.2, -0.15) is 0 Å². The first-order valence-corrected chi connectivity index (χ1v) is 7.39. The topological polar surface area (TPSA) is 35.5 Å². The summed E-state index contributed by atoms with van der Waals surface area (Å²) in [6.45, 7) is 3.99. The van der Waals surface area contributed by atoms with Crippen LogP contribution in [-0.4, -0.2) is 42.3 Å². The number of halogens is 1. The van der Waals surface area contributed by atoms with Crippen LogP contribution in [0.5, 0.6) is 0 Å². The van der Waals surface area contributed by atoms with Crippen LogP contribution in [0.25, 0.3) is 0 Å². The van der Waals surface area contributed by atoms with Gasteiger partial charge in [-0.15, -0.1) is 0 Å². The quantitative estimate of drug-likeness (QED) is 0.843. The minimum atomic E-state index is 0.219. The maximum atomic E-state index is 9.18. The van der Waals surface area contributed by atoms with Crippen molar-refractivity contribution in [2.75, 3.05) is 26.2 Å². The Morgan fingerprint density at radius 3 is 2.89 bits per heavy atom. The molecule has 0 aromatic heterocycles. The van der Waals surface area contributed by atoms with Gasteiger partial charge in [0.15, 0.2) is 0 Å². The van der Waals surface area contributed by atoms with Crippen LogP contribution >= 0.6 is 15.9 Å². The first-order valence-electron chi connectivity index (χ1n) is 6.59. The average Bonchev–Trinajstić information content (AvgIpc) is 2.85. The van der Waals surface area contributed by atoms with Gasteiger partial charge in [0.2, 0.25) is 0 Å². The number of nitrogens with one attached hydrogen (secondary N) is 1. The van der Waals surface area contributed by atoms with Crippen molar-refractivity contribution >= 4 is 15.9 Å². The molecule has 2 rings (SSSR count). The monoisotopic (exact) mass is 312 g/mol. The number of benzene rings is 1. The summed E-state index contributed by atoms with van der Waals surface area (Å²) < 4.78 is 1.15. The van der Waals surface area contributed by atoms with Crippen molar-refractivity contribution in [1.82, 2.24) is 10.2 Å². The first-order chi connectivity index (χ1) is 8.79. The molecular formula is C14H21BrN2O. The van der Waals surface area contributed by atoms with Crippen LogP contribution in [0.15, 0.2) is 28.7 Å². The molecule has 1 heterocycles. The summed E-state index contributed by atoms with van der Waals surface area (Å²) in [6.07, 6.45) is 2.52. The van der Waals surface area contributed by atoms with E-state index in [1.165, 1.54) is 18.4 Å². The van der Waals surface area contributed by atoms with Crippen LogP contribution in [0.4, 0.5) is 0 Å². The molecule has 1 aliphatic heterocycles. The molecule has 1 fully saturated rings. The Morgan fingerprint density at radius 1 is 1.39 bits per heavy atom. The molecule has 0 radical (unpaired) electrons. The molecule has 1 aromatic rings. The van der Waals surface area contributed by atoms with Crippen molar-refractivity contribution in [3.8, 4) is 0 Å². The van der Waals surface area contributed by atoms with Crippen molar-refractivity contribution in [2.45, 2.75) is 25.4 Å². The van der Waals surface area contributed by atoms with Gasteiger partial charge in [-0.05, 0) is 31.0 Å². The van der Waals surface area contributed by atoms with Gasteiger partial charge >= 0.3 is 0 Å². The molecule has 18 heavy (non-hydrogen) atoms. The molecule has 3 nitrogen and oxygen atoms in total. The molecule has 1 saturated heterocycles. The second-order valence-electron chi connectivity index (χ2n) is 4.84. The van der Waals surface area contributed by atoms with Gasteiger partial charge in [-0.1, -0.05) is 34.1 Å².